The highest BCUT2D eigenvalue weighted by Gasteiger charge is 2.35. The second kappa shape index (κ2) is 10.5. The van der Waals surface area contributed by atoms with Crippen LogP contribution < -0.4 is 15.5 Å². The van der Waals surface area contributed by atoms with E-state index in [1.165, 1.54) is 6.26 Å². The number of carbonyl (C=O) groups excluding carboxylic acids is 1. The van der Waals surface area contributed by atoms with Gasteiger partial charge in [0.1, 0.15) is 10.6 Å². The average Bonchev–Trinajstić information content (AvgIpc) is 3.27. The summed E-state index contributed by atoms with van der Waals surface area (Å²) in [6.45, 7) is 7.48. The van der Waals surface area contributed by atoms with E-state index in [0.29, 0.717) is 54.9 Å². The largest absolute Gasteiger partial charge is 0.377 e. The molecule has 1 aliphatic heterocycles. The van der Waals surface area contributed by atoms with Gasteiger partial charge in [-0.15, -0.1) is 0 Å². The summed E-state index contributed by atoms with van der Waals surface area (Å²) in [4.78, 5) is 23.9. The van der Waals surface area contributed by atoms with Crippen LogP contribution in [-0.2, 0) is 32.9 Å². The summed E-state index contributed by atoms with van der Waals surface area (Å²) < 4.78 is 31.2. The molecule has 0 radical (unpaired) electrons. The quantitative estimate of drug-likeness (QED) is 0.480. The second-order valence-electron chi connectivity index (χ2n) is 9.74. The zero-order chi connectivity index (χ0) is 26.8. The SMILES string of the molecule is C[C@H]1COCCN1c1cc(C(C)(C)S(C)(=O)=O)nc(-c2ccc(NC(=O)NCc3cnn(C)c3)cc2)n1. The number of anilines is 2. The Morgan fingerprint density at radius 2 is 1.95 bits per heavy atom. The number of nitrogens with one attached hydrogen (secondary N) is 2. The van der Waals surface area contributed by atoms with E-state index in [0.717, 1.165) is 5.56 Å². The van der Waals surface area contributed by atoms with E-state index < -0.39 is 14.6 Å². The number of aryl methyl sites for hydroxylation is 1. The lowest BCUT2D eigenvalue weighted by Crippen LogP contribution is -2.44. The molecule has 1 aromatic carbocycles. The summed E-state index contributed by atoms with van der Waals surface area (Å²) in [6, 6.07) is 8.62. The van der Waals surface area contributed by atoms with Crippen molar-refractivity contribution in [2.24, 2.45) is 7.05 Å². The first-order valence-corrected chi connectivity index (χ1v) is 13.9. The molecule has 11 nitrogen and oxygen atoms in total. The second-order valence-corrected chi connectivity index (χ2v) is 12.3. The van der Waals surface area contributed by atoms with Crippen molar-refractivity contribution in [1.29, 1.82) is 0 Å². The van der Waals surface area contributed by atoms with Crippen molar-refractivity contribution < 1.29 is 17.9 Å². The Hall–Kier alpha value is -3.51. The summed E-state index contributed by atoms with van der Waals surface area (Å²) in [5.74, 6) is 1.07. The van der Waals surface area contributed by atoms with E-state index in [-0.39, 0.29) is 12.1 Å². The number of hydrogen-bond acceptors (Lipinski definition) is 8. The summed E-state index contributed by atoms with van der Waals surface area (Å²) in [5, 5.41) is 9.68. The van der Waals surface area contributed by atoms with Crippen molar-refractivity contribution in [3.8, 4) is 11.4 Å². The number of amides is 2. The standard InChI is InChI=1S/C25H33N7O4S/c1-17-16-36-11-10-32(17)22-12-21(25(2,3)37(5,34)35)29-23(30-22)19-6-8-20(9-7-19)28-24(33)26-13-18-14-27-31(4)15-18/h6-9,12,14-15,17H,10-11,13,16H2,1-5H3,(H2,26,28,33)/t17-/m0/s1. The maximum atomic E-state index is 12.6. The van der Waals surface area contributed by atoms with Crippen LogP contribution in [0.1, 0.15) is 32.0 Å². The molecule has 0 spiro atoms. The molecule has 1 saturated heterocycles. The van der Waals surface area contributed by atoms with E-state index in [1.807, 2.05) is 20.2 Å². The monoisotopic (exact) mass is 527 g/mol. The number of aromatic nitrogens is 4. The van der Waals surface area contributed by atoms with Gasteiger partial charge < -0.3 is 20.3 Å². The van der Waals surface area contributed by atoms with Gasteiger partial charge in [-0.3, -0.25) is 4.68 Å². The van der Waals surface area contributed by atoms with Crippen molar-refractivity contribution in [1.82, 2.24) is 25.1 Å². The van der Waals surface area contributed by atoms with Gasteiger partial charge in [0.05, 0.1) is 31.1 Å². The van der Waals surface area contributed by atoms with Crippen LogP contribution >= 0.6 is 0 Å². The molecule has 198 valence electrons. The van der Waals surface area contributed by atoms with Crippen molar-refractivity contribution >= 4 is 27.4 Å². The fourth-order valence-electron chi connectivity index (χ4n) is 3.90. The van der Waals surface area contributed by atoms with Crippen LogP contribution in [0.4, 0.5) is 16.3 Å². The summed E-state index contributed by atoms with van der Waals surface area (Å²) in [6.07, 6.45) is 4.74. The van der Waals surface area contributed by atoms with Crippen LogP contribution in [0.5, 0.6) is 0 Å². The van der Waals surface area contributed by atoms with E-state index in [9.17, 15) is 13.2 Å². The zero-order valence-corrected chi connectivity index (χ0v) is 22.5. The normalized spacial score (nSPS) is 16.5. The van der Waals surface area contributed by atoms with E-state index in [2.05, 4.69) is 25.6 Å². The number of nitrogens with zero attached hydrogens (tertiary/aromatic N) is 5. The maximum absolute atomic E-state index is 12.6. The topological polar surface area (TPSA) is 131 Å². The minimum atomic E-state index is -3.45. The summed E-state index contributed by atoms with van der Waals surface area (Å²) >= 11 is 0. The van der Waals surface area contributed by atoms with E-state index in [4.69, 9.17) is 9.72 Å². The smallest absolute Gasteiger partial charge is 0.319 e. The third-order valence-electron chi connectivity index (χ3n) is 6.53. The molecule has 2 aromatic heterocycles. The molecule has 0 aliphatic carbocycles. The molecule has 1 aliphatic rings. The van der Waals surface area contributed by atoms with Crippen molar-refractivity contribution in [2.45, 2.75) is 38.1 Å². The lowest BCUT2D eigenvalue weighted by Gasteiger charge is -2.35. The number of carbonyl (C=O) groups is 1. The van der Waals surface area contributed by atoms with Gasteiger partial charge >= 0.3 is 6.03 Å². The van der Waals surface area contributed by atoms with Gasteiger partial charge in [-0.2, -0.15) is 5.10 Å². The summed E-state index contributed by atoms with van der Waals surface area (Å²) in [7, 11) is -1.64. The number of benzene rings is 1. The minimum Gasteiger partial charge on any atom is -0.377 e. The highest BCUT2D eigenvalue weighted by Crippen LogP contribution is 2.32. The molecule has 0 unspecified atom stereocenters. The molecule has 4 rings (SSSR count). The fourth-order valence-corrected chi connectivity index (χ4v) is 4.38. The Balaban J connectivity index is 1.58. The molecule has 2 N–H and O–H groups in total. The van der Waals surface area contributed by atoms with Crippen LogP contribution in [0.2, 0.25) is 0 Å². The first kappa shape index (κ1) is 26.6. The Bertz CT molecular complexity index is 1370. The van der Waals surface area contributed by atoms with Gasteiger partial charge in [-0.25, -0.2) is 23.2 Å². The molecule has 2 amide bonds. The van der Waals surface area contributed by atoms with Gasteiger partial charge in [0.25, 0.3) is 0 Å². The van der Waals surface area contributed by atoms with Crippen molar-refractivity contribution in [2.75, 3.05) is 36.2 Å². The molecular weight excluding hydrogens is 494 g/mol. The molecule has 1 fully saturated rings. The van der Waals surface area contributed by atoms with Crippen LogP contribution in [-0.4, -0.2) is 66.3 Å². The third-order valence-corrected chi connectivity index (χ3v) is 8.59. The van der Waals surface area contributed by atoms with Crippen molar-refractivity contribution in [3.05, 3.63) is 54.0 Å². The first-order valence-electron chi connectivity index (χ1n) is 12.0. The minimum absolute atomic E-state index is 0.0856. The highest BCUT2D eigenvalue weighted by atomic mass is 32.2. The highest BCUT2D eigenvalue weighted by molar-refractivity contribution is 7.91. The van der Waals surface area contributed by atoms with Gasteiger partial charge in [0, 0.05) is 55.5 Å². The number of rotatable bonds is 7. The first-order chi connectivity index (χ1) is 17.4. The maximum Gasteiger partial charge on any atom is 0.319 e. The van der Waals surface area contributed by atoms with E-state index >= 15 is 0 Å². The van der Waals surface area contributed by atoms with Gasteiger partial charge in [-0.1, -0.05) is 0 Å². The van der Waals surface area contributed by atoms with Crippen LogP contribution in [0.25, 0.3) is 11.4 Å². The Morgan fingerprint density at radius 3 is 2.57 bits per heavy atom. The lowest BCUT2D eigenvalue weighted by molar-refractivity contribution is 0.0985. The molecule has 37 heavy (non-hydrogen) atoms. The number of ether oxygens (including phenoxy) is 1. The average molecular weight is 528 g/mol. The molecule has 3 heterocycles. The Morgan fingerprint density at radius 1 is 1.22 bits per heavy atom. The Labute approximate surface area is 217 Å². The molecule has 0 saturated carbocycles. The van der Waals surface area contributed by atoms with Crippen LogP contribution in [0, 0.1) is 0 Å². The van der Waals surface area contributed by atoms with Gasteiger partial charge in [-0.05, 0) is 45.0 Å². The fraction of sp³-hybridized carbons (Fsp3) is 0.440. The predicted molar refractivity (Wildman–Crippen MR) is 142 cm³/mol. The molecule has 1 atom stereocenters. The predicted octanol–water partition coefficient (Wildman–Crippen LogP) is 2.70. The molecule has 12 heteroatoms. The number of morpholine rings is 1. The van der Waals surface area contributed by atoms with Gasteiger partial charge in [0.15, 0.2) is 15.7 Å². The number of sulfone groups is 1. The van der Waals surface area contributed by atoms with Crippen LogP contribution in [0.3, 0.4) is 0 Å². The Kier molecular flexibility index (Phi) is 7.51. The third kappa shape index (κ3) is 6.08. The number of hydrogen-bond donors (Lipinski definition) is 2. The lowest BCUT2D eigenvalue weighted by atomic mass is 10.1. The molecule has 3 aromatic rings. The zero-order valence-electron chi connectivity index (χ0n) is 21.7. The van der Waals surface area contributed by atoms with Crippen LogP contribution in [0.15, 0.2) is 42.7 Å². The molecule has 0 bridgehead atoms. The number of urea groups is 1. The summed E-state index contributed by atoms with van der Waals surface area (Å²) in [5.41, 5.74) is 2.62. The molecular formula is C25H33N7O4S. The van der Waals surface area contributed by atoms with Crippen molar-refractivity contribution in [3.63, 3.8) is 0 Å². The van der Waals surface area contributed by atoms with Gasteiger partial charge in [0.2, 0.25) is 0 Å². The van der Waals surface area contributed by atoms with E-state index in [1.54, 1.807) is 55.1 Å².